The Morgan fingerprint density at radius 3 is 1.64 bits per heavy atom. The van der Waals surface area contributed by atoms with Gasteiger partial charge in [-0.05, 0) is 90.3 Å². The van der Waals surface area contributed by atoms with Crippen LogP contribution in [0.4, 0.5) is 0 Å². The van der Waals surface area contributed by atoms with Gasteiger partial charge in [-0.1, -0.05) is 139 Å². The standard InChI is InChI=1S/C41H24S/c1-5-16-34-27(10-1)28-11-2-6-17-35(28)41(34)36-18-7-3-12-29(36)33-24-25(20-22-37(33)41)26-21-23-39-40-31(26)14-9-15-32(40)30-13-4-8-19-38(30)42-39/h1-24H. The van der Waals surface area contributed by atoms with E-state index in [1.165, 1.54) is 87.3 Å². The molecule has 0 unspecified atom stereocenters. The Morgan fingerprint density at radius 1 is 0.357 bits per heavy atom. The van der Waals surface area contributed by atoms with Gasteiger partial charge in [0, 0.05) is 15.2 Å². The fourth-order valence-electron chi connectivity index (χ4n) is 8.10. The molecule has 1 spiro atoms. The minimum Gasteiger partial charge on any atom is -0.0888 e. The van der Waals surface area contributed by atoms with Crippen LogP contribution in [0.3, 0.4) is 0 Å². The molecule has 2 aliphatic carbocycles. The molecular formula is C41H24S. The zero-order valence-corrected chi connectivity index (χ0v) is 23.6. The molecule has 7 aromatic carbocycles. The molecule has 0 saturated heterocycles. The van der Waals surface area contributed by atoms with Gasteiger partial charge in [0.2, 0.25) is 0 Å². The Labute approximate surface area is 249 Å². The number of hydrogen-bond acceptors (Lipinski definition) is 1. The average molecular weight is 549 g/mol. The Kier molecular flexibility index (Phi) is 4.41. The van der Waals surface area contributed by atoms with Crippen molar-refractivity contribution in [2.75, 3.05) is 0 Å². The van der Waals surface area contributed by atoms with Crippen LogP contribution in [0.15, 0.2) is 155 Å². The first-order chi connectivity index (χ1) is 20.8. The molecule has 0 fully saturated rings. The number of benzene rings is 7. The van der Waals surface area contributed by atoms with Crippen molar-refractivity contribution in [3.8, 4) is 44.5 Å². The molecule has 7 aromatic rings. The summed E-state index contributed by atoms with van der Waals surface area (Å²) in [4.78, 5) is 2.68. The third-order valence-electron chi connectivity index (χ3n) is 9.71. The molecule has 0 saturated carbocycles. The van der Waals surface area contributed by atoms with E-state index < -0.39 is 0 Å². The quantitative estimate of drug-likeness (QED) is 0.197. The minimum atomic E-state index is -0.294. The van der Waals surface area contributed by atoms with Gasteiger partial charge in [0.25, 0.3) is 0 Å². The second kappa shape index (κ2) is 8.12. The molecule has 3 aliphatic rings. The SMILES string of the molecule is c1ccc2c(c1)Sc1ccc(-c3ccc4c(c3)-c3ccccc3C43c4ccccc4-c4ccccc43)c3cccc-2c13. The van der Waals surface area contributed by atoms with Crippen LogP contribution in [0.2, 0.25) is 0 Å². The lowest BCUT2D eigenvalue weighted by atomic mass is 9.70. The van der Waals surface area contributed by atoms with Crippen molar-refractivity contribution in [1.29, 1.82) is 0 Å². The molecule has 0 radical (unpaired) electrons. The van der Waals surface area contributed by atoms with Crippen LogP contribution in [-0.4, -0.2) is 0 Å². The summed E-state index contributed by atoms with van der Waals surface area (Å²) in [6.45, 7) is 0. The van der Waals surface area contributed by atoms with Gasteiger partial charge in [-0.25, -0.2) is 0 Å². The van der Waals surface area contributed by atoms with Crippen LogP contribution in [0.5, 0.6) is 0 Å². The van der Waals surface area contributed by atoms with E-state index in [9.17, 15) is 0 Å². The lowest BCUT2D eigenvalue weighted by molar-refractivity contribution is 0.794. The molecule has 0 aromatic heterocycles. The van der Waals surface area contributed by atoms with Gasteiger partial charge in [0.05, 0.1) is 5.41 Å². The topological polar surface area (TPSA) is 0 Å². The minimum absolute atomic E-state index is 0.294. The smallest absolute Gasteiger partial charge is 0.0725 e. The zero-order chi connectivity index (χ0) is 27.4. The zero-order valence-electron chi connectivity index (χ0n) is 22.8. The number of hydrogen-bond donors (Lipinski definition) is 0. The summed E-state index contributed by atoms with van der Waals surface area (Å²) in [5.41, 5.74) is 15.9. The Hall–Kier alpha value is -4.85. The van der Waals surface area contributed by atoms with Gasteiger partial charge in [-0.2, -0.15) is 0 Å². The Morgan fingerprint density at radius 2 is 0.929 bits per heavy atom. The van der Waals surface area contributed by atoms with Crippen LogP contribution in [0.25, 0.3) is 55.3 Å². The highest BCUT2D eigenvalue weighted by Gasteiger charge is 2.51. The van der Waals surface area contributed by atoms with E-state index in [1.807, 2.05) is 11.8 Å². The highest BCUT2D eigenvalue weighted by Crippen LogP contribution is 2.63. The van der Waals surface area contributed by atoms with Crippen molar-refractivity contribution in [3.05, 3.63) is 168 Å². The van der Waals surface area contributed by atoms with Crippen LogP contribution in [0.1, 0.15) is 22.3 Å². The average Bonchev–Trinajstić information content (AvgIpc) is 3.52. The predicted molar refractivity (Wildman–Crippen MR) is 175 cm³/mol. The largest absolute Gasteiger partial charge is 0.0888 e. The molecule has 1 heterocycles. The fourth-order valence-corrected chi connectivity index (χ4v) is 9.23. The summed E-state index contributed by atoms with van der Waals surface area (Å²) in [6.07, 6.45) is 0. The maximum absolute atomic E-state index is 2.46. The van der Waals surface area contributed by atoms with Gasteiger partial charge in [-0.3, -0.25) is 0 Å². The van der Waals surface area contributed by atoms with E-state index >= 15 is 0 Å². The lowest BCUT2D eigenvalue weighted by Gasteiger charge is -2.30. The Balaban J connectivity index is 1.25. The number of fused-ring (bicyclic) bond motifs is 12. The molecule has 1 heteroatoms. The van der Waals surface area contributed by atoms with Crippen molar-refractivity contribution in [2.24, 2.45) is 0 Å². The maximum atomic E-state index is 2.46. The second-order valence-electron chi connectivity index (χ2n) is 11.6. The van der Waals surface area contributed by atoms with Crippen molar-refractivity contribution in [1.82, 2.24) is 0 Å². The molecule has 194 valence electrons. The third kappa shape index (κ3) is 2.70. The van der Waals surface area contributed by atoms with E-state index in [1.54, 1.807) is 0 Å². The molecular weight excluding hydrogens is 525 g/mol. The molecule has 1 aliphatic heterocycles. The third-order valence-corrected chi connectivity index (χ3v) is 10.8. The van der Waals surface area contributed by atoms with Gasteiger partial charge < -0.3 is 0 Å². The molecule has 0 nitrogen and oxygen atoms in total. The predicted octanol–water partition coefficient (Wildman–Crippen LogP) is 11.0. The summed E-state index contributed by atoms with van der Waals surface area (Å²) >= 11 is 1.89. The van der Waals surface area contributed by atoms with Crippen LogP contribution >= 0.6 is 11.8 Å². The normalized spacial score (nSPS) is 14.3. The summed E-state index contributed by atoms with van der Waals surface area (Å²) in [6, 6.07) is 54.6. The first kappa shape index (κ1) is 22.8. The fraction of sp³-hybridized carbons (Fsp3) is 0.0244. The van der Waals surface area contributed by atoms with Crippen LogP contribution in [-0.2, 0) is 5.41 Å². The van der Waals surface area contributed by atoms with E-state index in [4.69, 9.17) is 0 Å². The summed E-state index contributed by atoms with van der Waals surface area (Å²) < 4.78 is 0. The van der Waals surface area contributed by atoms with Crippen LogP contribution < -0.4 is 0 Å². The van der Waals surface area contributed by atoms with Gasteiger partial charge in [-0.15, -0.1) is 0 Å². The van der Waals surface area contributed by atoms with Crippen molar-refractivity contribution >= 4 is 22.5 Å². The highest BCUT2D eigenvalue weighted by molar-refractivity contribution is 7.99. The molecule has 0 atom stereocenters. The summed E-state index contributed by atoms with van der Waals surface area (Å²) in [5.74, 6) is 0. The van der Waals surface area contributed by atoms with Crippen LogP contribution in [0, 0.1) is 0 Å². The molecule has 0 amide bonds. The number of rotatable bonds is 1. The van der Waals surface area contributed by atoms with Crippen molar-refractivity contribution < 1.29 is 0 Å². The lowest BCUT2D eigenvalue weighted by Crippen LogP contribution is -2.25. The molecule has 0 N–H and O–H groups in total. The van der Waals surface area contributed by atoms with E-state index in [0.717, 1.165) is 0 Å². The molecule has 10 rings (SSSR count). The first-order valence-corrected chi connectivity index (χ1v) is 15.4. The summed E-state index contributed by atoms with van der Waals surface area (Å²) in [5, 5.41) is 2.69. The van der Waals surface area contributed by atoms with E-state index in [-0.39, 0.29) is 5.41 Å². The molecule has 42 heavy (non-hydrogen) atoms. The highest BCUT2D eigenvalue weighted by atomic mass is 32.2. The monoisotopic (exact) mass is 548 g/mol. The van der Waals surface area contributed by atoms with E-state index in [2.05, 4.69) is 146 Å². The van der Waals surface area contributed by atoms with Gasteiger partial charge in [0.1, 0.15) is 0 Å². The second-order valence-corrected chi connectivity index (χ2v) is 12.7. The summed E-state index contributed by atoms with van der Waals surface area (Å²) in [7, 11) is 0. The van der Waals surface area contributed by atoms with Gasteiger partial charge >= 0.3 is 0 Å². The Bertz CT molecular complexity index is 2240. The van der Waals surface area contributed by atoms with Gasteiger partial charge in [0.15, 0.2) is 0 Å². The van der Waals surface area contributed by atoms with E-state index in [0.29, 0.717) is 0 Å². The van der Waals surface area contributed by atoms with Crippen molar-refractivity contribution in [3.63, 3.8) is 0 Å². The first-order valence-electron chi connectivity index (χ1n) is 14.6. The van der Waals surface area contributed by atoms with Crippen molar-refractivity contribution in [2.45, 2.75) is 15.2 Å². The molecule has 0 bridgehead atoms. The maximum Gasteiger partial charge on any atom is 0.0725 e.